The van der Waals surface area contributed by atoms with Gasteiger partial charge in [0.05, 0.1) is 6.54 Å². The summed E-state index contributed by atoms with van der Waals surface area (Å²) in [7, 11) is 0. The fourth-order valence-corrected chi connectivity index (χ4v) is 2.32. The van der Waals surface area contributed by atoms with Gasteiger partial charge in [-0.15, -0.1) is 0 Å². The van der Waals surface area contributed by atoms with Crippen LogP contribution in [0.25, 0.3) is 0 Å². The monoisotopic (exact) mass is 227 g/mol. The van der Waals surface area contributed by atoms with Crippen molar-refractivity contribution in [3.8, 4) is 0 Å². The quantitative estimate of drug-likeness (QED) is 0.291. The first-order valence-electron chi connectivity index (χ1n) is 5.71. The molecule has 1 amide bonds. The van der Waals surface area contributed by atoms with E-state index in [4.69, 9.17) is 10.9 Å². The normalized spacial score (nSPS) is 25.1. The summed E-state index contributed by atoms with van der Waals surface area (Å²) in [6, 6.07) is 0. The SMILES string of the molecule is CC1(C)CCCCC1C(=O)NCC(N)=NO. The van der Waals surface area contributed by atoms with Gasteiger partial charge in [-0.2, -0.15) is 0 Å². The highest BCUT2D eigenvalue weighted by Crippen LogP contribution is 2.40. The molecule has 5 heteroatoms. The zero-order valence-electron chi connectivity index (χ0n) is 9.99. The van der Waals surface area contributed by atoms with E-state index in [2.05, 4.69) is 24.3 Å². The van der Waals surface area contributed by atoms with Crippen LogP contribution in [0, 0.1) is 11.3 Å². The van der Waals surface area contributed by atoms with Crippen molar-refractivity contribution in [2.24, 2.45) is 22.2 Å². The molecule has 1 aliphatic rings. The molecule has 1 saturated carbocycles. The molecule has 0 saturated heterocycles. The lowest BCUT2D eigenvalue weighted by Gasteiger charge is -2.37. The third-order valence-electron chi connectivity index (χ3n) is 3.40. The molecular formula is C11H21N3O2. The Morgan fingerprint density at radius 2 is 2.25 bits per heavy atom. The summed E-state index contributed by atoms with van der Waals surface area (Å²) in [4.78, 5) is 11.9. The molecule has 0 aliphatic heterocycles. The second kappa shape index (κ2) is 5.18. The lowest BCUT2D eigenvalue weighted by atomic mass is 9.68. The first-order valence-corrected chi connectivity index (χ1v) is 5.71. The Kier molecular flexibility index (Phi) is 4.15. The van der Waals surface area contributed by atoms with Crippen molar-refractivity contribution in [3.05, 3.63) is 0 Å². The Balaban J connectivity index is 2.52. The van der Waals surface area contributed by atoms with Crippen LogP contribution in [0.15, 0.2) is 5.16 Å². The summed E-state index contributed by atoms with van der Waals surface area (Å²) in [6.07, 6.45) is 4.30. The van der Waals surface area contributed by atoms with E-state index in [1.54, 1.807) is 0 Å². The van der Waals surface area contributed by atoms with E-state index in [-0.39, 0.29) is 29.6 Å². The Bertz CT molecular complexity index is 287. The summed E-state index contributed by atoms with van der Waals surface area (Å²) in [6.45, 7) is 4.36. The fourth-order valence-electron chi connectivity index (χ4n) is 2.32. The van der Waals surface area contributed by atoms with Gasteiger partial charge in [0.15, 0.2) is 5.84 Å². The molecule has 1 aliphatic carbocycles. The number of oxime groups is 1. The number of nitrogens with two attached hydrogens (primary N) is 1. The molecule has 1 fully saturated rings. The molecule has 0 aromatic rings. The Hall–Kier alpha value is -1.26. The van der Waals surface area contributed by atoms with Gasteiger partial charge in [0.1, 0.15) is 0 Å². The molecular weight excluding hydrogens is 206 g/mol. The number of rotatable bonds is 3. The average molecular weight is 227 g/mol. The van der Waals surface area contributed by atoms with E-state index in [1.165, 1.54) is 6.42 Å². The molecule has 4 N–H and O–H groups in total. The van der Waals surface area contributed by atoms with Gasteiger partial charge in [0.2, 0.25) is 5.91 Å². The van der Waals surface area contributed by atoms with Crippen molar-refractivity contribution >= 4 is 11.7 Å². The third kappa shape index (κ3) is 3.12. The van der Waals surface area contributed by atoms with Crippen molar-refractivity contribution in [3.63, 3.8) is 0 Å². The summed E-state index contributed by atoms with van der Waals surface area (Å²) >= 11 is 0. The van der Waals surface area contributed by atoms with E-state index < -0.39 is 0 Å². The van der Waals surface area contributed by atoms with Crippen LogP contribution in [0.5, 0.6) is 0 Å². The van der Waals surface area contributed by atoms with E-state index >= 15 is 0 Å². The van der Waals surface area contributed by atoms with Gasteiger partial charge < -0.3 is 16.3 Å². The highest BCUT2D eigenvalue weighted by Gasteiger charge is 2.36. The summed E-state index contributed by atoms with van der Waals surface area (Å²) in [5, 5.41) is 13.9. The zero-order chi connectivity index (χ0) is 12.2. The Morgan fingerprint density at radius 1 is 1.56 bits per heavy atom. The third-order valence-corrected chi connectivity index (χ3v) is 3.40. The van der Waals surface area contributed by atoms with Crippen LogP contribution in [0.4, 0.5) is 0 Å². The first kappa shape index (κ1) is 12.8. The maximum absolute atomic E-state index is 11.9. The number of hydrogen-bond donors (Lipinski definition) is 3. The van der Waals surface area contributed by atoms with Crippen molar-refractivity contribution in [1.29, 1.82) is 0 Å². The first-order chi connectivity index (χ1) is 7.47. The number of nitrogens with one attached hydrogen (secondary N) is 1. The van der Waals surface area contributed by atoms with Crippen LogP contribution in [0.2, 0.25) is 0 Å². The molecule has 92 valence electrons. The van der Waals surface area contributed by atoms with Gasteiger partial charge in [0, 0.05) is 5.92 Å². The van der Waals surface area contributed by atoms with Crippen LogP contribution >= 0.6 is 0 Å². The number of hydrogen-bond acceptors (Lipinski definition) is 3. The number of amidine groups is 1. The van der Waals surface area contributed by atoms with Gasteiger partial charge >= 0.3 is 0 Å². The van der Waals surface area contributed by atoms with Crippen LogP contribution in [0.3, 0.4) is 0 Å². The largest absolute Gasteiger partial charge is 0.409 e. The van der Waals surface area contributed by atoms with E-state index in [0.717, 1.165) is 19.3 Å². The van der Waals surface area contributed by atoms with E-state index in [0.29, 0.717) is 0 Å². The molecule has 1 atom stereocenters. The van der Waals surface area contributed by atoms with Gasteiger partial charge in [-0.25, -0.2) is 0 Å². The lowest BCUT2D eigenvalue weighted by molar-refractivity contribution is -0.129. The van der Waals surface area contributed by atoms with E-state index in [9.17, 15) is 4.79 Å². The summed E-state index contributed by atoms with van der Waals surface area (Å²) in [5.41, 5.74) is 5.35. The van der Waals surface area contributed by atoms with Gasteiger partial charge in [0.25, 0.3) is 0 Å². The van der Waals surface area contributed by atoms with Gasteiger partial charge in [-0.05, 0) is 18.3 Å². The Morgan fingerprint density at radius 3 is 2.81 bits per heavy atom. The molecule has 0 heterocycles. The molecule has 16 heavy (non-hydrogen) atoms. The molecule has 1 rings (SSSR count). The summed E-state index contributed by atoms with van der Waals surface area (Å²) < 4.78 is 0. The highest BCUT2D eigenvalue weighted by atomic mass is 16.4. The maximum atomic E-state index is 11.9. The highest BCUT2D eigenvalue weighted by molar-refractivity contribution is 5.87. The lowest BCUT2D eigenvalue weighted by Crippen LogP contribution is -2.43. The van der Waals surface area contributed by atoms with Crippen molar-refractivity contribution < 1.29 is 10.0 Å². The minimum Gasteiger partial charge on any atom is -0.409 e. The van der Waals surface area contributed by atoms with Crippen molar-refractivity contribution in [1.82, 2.24) is 5.32 Å². The van der Waals surface area contributed by atoms with Crippen LogP contribution in [0.1, 0.15) is 39.5 Å². The molecule has 0 spiro atoms. The average Bonchev–Trinajstić information content (AvgIpc) is 2.24. The molecule has 5 nitrogen and oxygen atoms in total. The van der Waals surface area contributed by atoms with Gasteiger partial charge in [-0.1, -0.05) is 31.8 Å². The second-order valence-electron chi connectivity index (χ2n) is 5.10. The van der Waals surface area contributed by atoms with Crippen LogP contribution in [-0.2, 0) is 4.79 Å². The number of amides is 1. The standard InChI is InChI=1S/C11H21N3O2/c1-11(2)6-4-3-5-8(11)10(15)13-7-9(12)14-16/h8,16H,3-7H2,1-2H3,(H2,12,14)(H,13,15). The zero-order valence-corrected chi connectivity index (χ0v) is 9.99. The molecule has 0 aromatic heterocycles. The minimum absolute atomic E-state index is 0.0105. The predicted molar refractivity (Wildman–Crippen MR) is 62.2 cm³/mol. The summed E-state index contributed by atoms with van der Waals surface area (Å²) in [5.74, 6) is 0.0750. The fraction of sp³-hybridized carbons (Fsp3) is 0.818. The molecule has 0 aromatic carbocycles. The van der Waals surface area contributed by atoms with Crippen molar-refractivity contribution in [2.75, 3.05) is 6.54 Å². The smallest absolute Gasteiger partial charge is 0.224 e. The van der Waals surface area contributed by atoms with E-state index in [1.807, 2.05) is 0 Å². The molecule has 0 radical (unpaired) electrons. The number of carbonyl (C=O) groups excluding carboxylic acids is 1. The second-order valence-corrected chi connectivity index (χ2v) is 5.10. The number of nitrogens with zero attached hydrogens (tertiary/aromatic N) is 1. The minimum atomic E-state index is 0.0105. The van der Waals surface area contributed by atoms with Crippen LogP contribution in [-0.4, -0.2) is 23.5 Å². The Labute approximate surface area is 96.1 Å². The molecule has 0 bridgehead atoms. The molecule has 1 unspecified atom stereocenters. The van der Waals surface area contributed by atoms with Crippen molar-refractivity contribution in [2.45, 2.75) is 39.5 Å². The van der Waals surface area contributed by atoms with Gasteiger partial charge in [-0.3, -0.25) is 4.79 Å². The maximum Gasteiger partial charge on any atom is 0.224 e. The van der Waals surface area contributed by atoms with Crippen LogP contribution < -0.4 is 11.1 Å². The number of carbonyl (C=O) groups is 1. The predicted octanol–water partition coefficient (Wildman–Crippen LogP) is 1.07. The topological polar surface area (TPSA) is 87.7 Å².